The van der Waals surface area contributed by atoms with E-state index in [0.717, 1.165) is 0 Å². The van der Waals surface area contributed by atoms with Crippen molar-refractivity contribution in [2.45, 2.75) is 24.5 Å². The maximum Gasteiger partial charge on any atom is 0.330 e. The first-order valence-corrected chi connectivity index (χ1v) is 6.17. The zero-order valence-corrected chi connectivity index (χ0v) is 11.1. The molecule has 0 radical (unpaired) electrons. The van der Waals surface area contributed by atoms with Gasteiger partial charge in [0.05, 0.1) is 10.2 Å². The summed E-state index contributed by atoms with van der Waals surface area (Å²) in [6.07, 6.45) is -4.38. The minimum absolute atomic E-state index is 0.239. The molecule has 1 aromatic rings. The lowest BCUT2D eigenvalue weighted by molar-refractivity contribution is -0.212. The summed E-state index contributed by atoms with van der Waals surface area (Å²) in [6.45, 7) is -0.278. The van der Waals surface area contributed by atoms with Crippen LogP contribution in [0.1, 0.15) is 6.23 Å². The highest BCUT2D eigenvalue weighted by Gasteiger charge is 2.39. The second kappa shape index (κ2) is 5.09. The van der Waals surface area contributed by atoms with E-state index in [1.807, 2.05) is 0 Å². The van der Waals surface area contributed by atoms with Gasteiger partial charge in [-0.3, -0.25) is 4.79 Å². The largest absolute Gasteiger partial charge is 0.388 e. The lowest BCUT2D eigenvalue weighted by atomic mass is 10.0. The molecule has 1 unspecified atom stereocenters. The fraction of sp³-hybridized carbons (Fsp3) is 0.556. The van der Waals surface area contributed by atoms with Gasteiger partial charge in [-0.1, -0.05) is 0 Å². The second-order valence-corrected chi connectivity index (χ2v) is 5.05. The molecule has 1 fully saturated rings. The highest BCUT2D eigenvalue weighted by Crippen LogP contribution is 2.21. The van der Waals surface area contributed by atoms with Gasteiger partial charge in [0.2, 0.25) is 0 Å². The number of halogens is 1. The summed E-state index contributed by atoms with van der Waals surface area (Å²) in [5, 5.41) is 28.6. The van der Waals surface area contributed by atoms with Crippen LogP contribution in [0.25, 0.3) is 0 Å². The van der Waals surface area contributed by atoms with E-state index >= 15 is 0 Å². The van der Waals surface area contributed by atoms with Crippen LogP contribution < -0.4 is 11.2 Å². The molecule has 0 aromatic carbocycles. The summed E-state index contributed by atoms with van der Waals surface area (Å²) in [7, 11) is 0. The minimum Gasteiger partial charge on any atom is -0.388 e. The Morgan fingerprint density at radius 1 is 1.33 bits per heavy atom. The molecule has 0 saturated carbocycles. The number of nitrogens with one attached hydrogen (secondary N) is 1. The number of hydrogen-bond donors (Lipinski definition) is 4. The van der Waals surface area contributed by atoms with Gasteiger partial charge in [0.25, 0.3) is 5.56 Å². The molecule has 9 heteroatoms. The number of hydrogen-bond acceptors (Lipinski definition) is 6. The van der Waals surface area contributed by atoms with Crippen LogP contribution in [-0.2, 0) is 4.74 Å². The SMILES string of the molecule is O=c1[nH]cc(I)c(=O)n1C1OC[C@@H](O)[C@@H](O)[C@@H]1O. The molecule has 4 atom stereocenters. The van der Waals surface area contributed by atoms with E-state index in [1.165, 1.54) is 6.20 Å². The van der Waals surface area contributed by atoms with Crippen molar-refractivity contribution in [3.05, 3.63) is 30.6 Å². The second-order valence-electron chi connectivity index (χ2n) is 3.89. The van der Waals surface area contributed by atoms with Crippen molar-refractivity contribution in [2.75, 3.05) is 6.61 Å². The van der Waals surface area contributed by atoms with Crippen LogP contribution in [0.2, 0.25) is 0 Å². The maximum absolute atomic E-state index is 11.8. The van der Waals surface area contributed by atoms with Gasteiger partial charge in [-0.25, -0.2) is 9.36 Å². The molecule has 0 bridgehead atoms. The summed E-state index contributed by atoms with van der Waals surface area (Å²) in [5.41, 5.74) is -1.39. The van der Waals surface area contributed by atoms with Crippen molar-refractivity contribution in [1.29, 1.82) is 0 Å². The molecule has 1 aromatic heterocycles. The van der Waals surface area contributed by atoms with Crippen LogP contribution in [0.5, 0.6) is 0 Å². The van der Waals surface area contributed by atoms with Gasteiger partial charge in [-0.2, -0.15) is 0 Å². The fourth-order valence-electron chi connectivity index (χ4n) is 1.71. The molecular weight excluding hydrogens is 359 g/mol. The third-order valence-corrected chi connectivity index (χ3v) is 3.47. The topological polar surface area (TPSA) is 125 Å². The lowest BCUT2D eigenvalue weighted by Crippen LogP contribution is -2.55. The Morgan fingerprint density at radius 3 is 2.67 bits per heavy atom. The number of nitrogens with zero attached hydrogens (tertiary/aromatic N) is 1. The van der Waals surface area contributed by atoms with Crippen LogP contribution in [-0.4, -0.2) is 49.8 Å². The first-order chi connectivity index (χ1) is 8.43. The zero-order valence-electron chi connectivity index (χ0n) is 8.99. The van der Waals surface area contributed by atoms with E-state index in [-0.39, 0.29) is 10.2 Å². The van der Waals surface area contributed by atoms with Gasteiger partial charge in [0.1, 0.15) is 18.3 Å². The number of aliphatic hydroxyl groups is 3. The highest BCUT2D eigenvalue weighted by atomic mass is 127. The molecule has 100 valence electrons. The van der Waals surface area contributed by atoms with Gasteiger partial charge in [0, 0.05) is 6.20 Å². The number of aromatic amines is 1. The fourth-order valence-corrected chi connectivity index (χ4v) is 2.13. The maximum atomic E-state index is 11.8. The third-order valence-electron chi connectivity index (χ3n) is 2.69. The third kappa shape index (κ3) is 2.23. The quantitative estimate of drug-likeness (QED) is 0.414. The molecular formula is C9H11IN2O6. The standard InChI is InChI=1S/C9H11IN2O6/c10-3-1-11-9(17)12(7(3)16)8-6(15)5(14)4(13)2-18-8/h1,4-6,8,13-15H,2H2,(H,11,17)/t4-,5-,6+,8?/m1/s1. The van der Waals surface area contributed by atoms with Gasteiger partial charge in [-0.05, 0) is 22.6 Å². The van der Waals surface area contributed by atoms with Crippen molar-refractivity contribution in [3.8, 4) is 0 Å². The van der Waals surface area contributed by atoms with Crippen molar-refractivity contribution >= 4 is 22.6 Å². The summed E-state index contributed by atoms with van der Waals surface area (Å²) in [6, 6.07) is 0. The van der Waals surface area contributed by atoms with Gasteiger partial charge in [-0.15, -0.1) is 0 Å². The Bertz CT molecular complexity index is 555. The Morgan fingerprint density at radius 2 is 2.00 bits per heavy atom. The normalized spacial score (nSPS) is 32.4. The van der Waals surface area contributed by atoms with Crippen molar-refractivity contribution in [3.63, 3.8) is 0 Å². The molecule has 18 heavy (non-hydrogen) atoms. The van der Waals surface area contributed by atoms with Gasteiger partial charge >= 0.3 is 5.69 Å². The van der Waals surface area contributed by atoms with Gasteiger partial charge in [0.15, 0.2) is 6.23 Å². The molecule has 8 nitrogen and oxygen atoms in total. The Balaban J connectivity index is 2.47. The Kier molecular flexibility index (Phi) is 3.87. The molecule has 4 N–H and O–H groups in total. The number of ether oxygens (including phenoxy) is 1. The van der Waals surface area contributed by atoms with E-state index in [4.69, 9.17) is 4.74 Å². The lowest BCUT2D eigenvalue weighted by Gasteiger charge is -2.35. The average Bonchev–Trinajstić information content (AvgIpc) is 2.34. The van der Waals surface area contributed by atoms with Gasteiger partial charge < -0.3 is 25.0 Å². The average molecular weight is 370 g/mol. The summed E-state index contributed by atoms with van der Waals surface area (Å²) < 4.78 is 5.98. The molecule has 2 rings (SSSR count). The summed E-state index contributed by atoms with van der Waals surface area (Å²) >= 11 is 1.73. The predicted octanol–water partition coefficient (Wildman–Crippen LogP) is -2.25. The Labute approximate surface area is 114 Å². The molecule has 1 aliphatic rings. The molecule has 1 saturated heterocycles. The summed E-state index contributed by atoms with van der Waals surface area (Å²) in [4.78, 5) is 25.7. The number of rotatable bonds is 1. The molecule has 1 aliphatic heterocycles. The predicted molar refractivity (Wildman–Crippen MR) is 67.0 cm³/mol. The number of H-pyrrole nitrogens is 1. The number of aliphatic hydroxyl groups excluding tert-OH is 3. The smallest absolute Gasteiger partial charge is 0.330 e. The van der Waals surface area contributed by atoms with Crippen LogP contribution in [0.15, 0.2) is 15.8 Å². The van der Waals surface area contributed by atoms with Crippen LogP contribution >= 0.6 is 22.6 Å². The van der Waals surface area contributed by atoms with Crippen LogP contribution in [0.3, 0.4) is 0 Å². The van der Waals surface area contributed by atoms with E-state index in [9.17, 15) is 24.9 Å². The zero-order chi connectivity index (χ0) is 13.4. The van der Waals surface area contributed by atoms with E-state index in [1.54, 1.807) is 22.6 Å². The minimum atomic E-state index is -1.56. The van der Waals surface area contributed by atoms with Crippen LogP contribution in [0, 0.1) is 3.57 Å². The molecule has 0 aliphatic carbocycles. The molecule has 0 spiro atoms. The first-order valence-electron chi connectivity index (χ1n) is 5.09. The monoisotopic (exact) mass is 370 g/mol. The van der Waals surface area contributed by atoms with E-state index < -0.39 is 35.8 Å². The molecule has 0 amide bonds. The van der Waals surface area contributed by atoms with Crippen molar-refractivity contribution < 1.29 is 20.1 Å². The van der Waals surface area contributed by atoms with Crippen molar-refractivity contribution in [2.24, 2.45) is 0 Å². The Hall–Kier alpha value is -0.750. The highest BCUT2D eigenvalue weighted by molar-refractivity contribution is 14.1. The number of aromatic nitrogens is 2. The van der Waals surface area contributed by atoms with Crippen LogP contribution in [0.4, 0.5) is 0 Å². The first kappa shape index (κ1) is 13.7. The summed E-state index contributed by atoms with van der Waals surface area (Å²) in [5.74, 6) is 0. The van der Waals surface area contributed by atoms with E-state index in [2.05, 4.69) is 4.98 Å². The molecule has 2 heterocycles. The van der Waals surface area contributed by atoms with E-state index in [0.29, 0.717) is 4.57 Å². The van der Waals surface area contributed by atoms with Crippen molar-refractivity contribution in [1.82, 2.24) is 9.55 Å².